The third-order valence-electron chi connectivity index (χ3n) is 5.16. The van der Waals surface area contributed by atoms with Gasteiger partial charge in [0.05, 0.1) is 0 Å². The average Bonchev–Trinajstić information content (AvgIpc) is 2.47. The summed E-state index contributed by atoms with van der Waals surface area (Å²) in [6.07, 6.45) is 8.67. The van der Waals surface area contributed by atoms with E-state index in [2.05, 4.69) is 24.1 Å². The van der Waals surface area contributed by atoms with Crippen LogP contribution >= 0.6 is 0 Å². The molecule has 2 unspecified atom stereocenters. The fourth-order valence-corrected chi connectivity index (χ4v) is 3.77. The van der Waals surface area contributed by atoms with Crippen molar-refractivity contribution in [1.82, 2.24) is 10.2 Å². The van der Waals surface area contributed by atoms with Crippen molar-refractivity contribution in [3.05, 3.63) is 0 Å². The molecule has 3 heteroatoms. The lowest BCUT2D eigenvalue weighted by atomic mass is 9.84. The summed E-state index contributed by atoms with van der Waals surface area (Å²) in [7, 11) is 0. The van der Waals surface area contributed by atoms with E-state index in [1.807, 2.05) is 6.92 Å². The van der Waals surface area contributed by atoms with Crippen LogP contribution in [0.25, 0.3) is 0 Å². The van der Waals surface area contributed by atoms with Crippen LogP contribution in [0.2, 0.25) is 0 Å². The molecule has 0 spiro atoms. The van der Waals surface area contributed by atoms with Crippen LogP contribution in [0, 0.1) is 11.8 Å². The van der Waals surface area contributed by atoms with Crippen LogP contribution in [0.15, 0.2) is 0 Å². The van der Waals surface area contributed by atoms with Crippen molar-refractivity contribution in [1.29, 1.82) is 0 Å². The largest absolute Gasteiger partial charge is 0.341 e. The first-order chi connectivity index (χ1) is 9.60. The zero-order chi connectivity index (χ0) is 14.5. The van der Waals surface area contributed by atoms with Gasteiger partial charge < -0.3 is 10.2 Å². The van der Waals surface area contributed by atoms with Gasteiger partial charge in [-0.05, 0) is 31.1 Å². The monoisotopic (exact) mass is 280 g/mol. The first kappa shape index (κ1) is 15.8. The third kappa shape index (κ3) is 4.21. The minimum atomic E-state index is 0.325. The summed E-state index contributed by atoms with van der Waals surface area (Å²) < 4.78 is 0. The zero-order valence-electron chi connectivity index (χ0n) is 13.5. The fraction of sp³-hybridized carbons (Fsp3) is 0.941. The molecule has 2 aliphatic rings. The molecule has 2 atom stereocenters. The molecule has 1 saturated carbocycles. The molecule has 1 heterocycles. The van der Waals surface area contributed by atoms with Crippen LogP contribution in [-0.2, 0) is 4.79 Å². The van der Waals surface area contributed by atoms with Crippen molar-refractivity contribution in [3.8, 4) is 0 Å². The SMILES string of the molecule is CCC(=O)N1CC(NC2CCCCC2)CC(C(C)C)C1. The molecule has 2 rings (SSSR count). The number of carbonyl (C=O) groups is 1. The maximum Gasteiger partial charge on any atom is 0.222 e. The van der Waals surface area contributed by atoms with E-state index in [0.717, 1.165) is 13.1 Å². The Labute approximate surface area is 124 Å². The number of nitrogens with zero attached hydrogens (tertiary/aromatic N) is 1. The minimum Gasteiger partial charge on any atom is -0.341 e. The van der Waals surface area contributed by atoms with Crippen LogP contribution in [0.4, 0.5) is 0 Å². The Morgan fingerprint density at radius 1 is 1.15 bits per heavy atom. The highest BCUT2D eigenvalue weighted by Gasteiger charge is 2.32. The van der Waals surface area contributed by atoms with Crippen LogP contribution in [-0.4, -0.2) is 36.0 Å². The number of carbonyl (C=O) groups excluding carboxylic acids is 1. The molecule has 116 valence electrons. The molecule has 2 fully saturated rings. The molecule has 0 aromatic heterocycles. The van der Waals surface area contributed by atoms with Gasteiger partial charge in [0, 0.05) is 31.6 Å². The van der Waals surface area contributed by atoms with Gasteiger partial charge in [-0.2, -0.15) is 0 Å². The Morgan fingerprint density at radius 2 is 1.85 bits per heavy atom. The Bertz CT molecular complexity index is 310. The van der Waals surface area contributed by atoms with E-state index >= 15 is 0 Å². The van der Waals surface area contributed by atoms with E-state index < -0.39 is 0 Å². The first-order valence-corrected chi connectivity index (χ1v) is 8.64. The lowest BCUT2D eigenvalue weighted by Crippen LogP contribution is -2.54. The standard InChI is InChI=1S/C17H32N2O/c1-4-17(20)19-11-14(13(2)3)10-16(12-19)18-15-8-6-5-7-9-15/h13-16,18H,4-12H2,1-3H3. The average molecular weight is 280 g/mol. The van der Waals surface area contributed by atoms with Gasteiger partial charge in [0.25, 0.3) is 0 Å². The smallest absolute Gasteiger partial charge is 0.222 e. The van der Waals surface area contributed by atoms with Crippen molar-refractivity contribution in [2.24, 2.45) is 11.8 Å². The normalized spacial score (nSPS) is 28.9. The maximum atomic E-state index is 12.1. The van der Waals surface area contributed by atoms with Crippen molar-refractivity contribution in [2.75, 3.05) is 13.1 Å². The summed E-state index contributed by atoms with van der Waals surface area (Å²) in [6, 6.07) is 1.20. The van der Waals surface area contributed by atoms with Crippen molar-refractivity contribution < 1.29 is 4.79 Å². The van der Waals surface area contributed by atoms with Crippen LogP contribution in [0.5, 0.6) is 0 Å². The summed E-state index contributed by atoms with van der Waals surface area (Å²) in [4.78, 5) is 14.2. The summed E-state index contributed by atoms with van der Waals surface area (Å²) in [5.41, 5.74) is 0. The molecule has 1 N–H and O–H groups in total. The van der Waals surface area contributed by atoms with Gasteiger partial charge in [-0.1, -0.05) is 40.0 Å². The number of hydrogen-bond donors (Lipinski definition) is 1. The van der Waals surface area contributed by atoms with Gasteiger partial charge in [-0.15, -0.1) is 0 Å². The molecule has 1 amide bonds. The molecule has 0 radical (unpaired) electrons. The van der Waals surface area contributed by atoms with Gasteiger partial charge in [-0.3, -0.25) is 4.79 Å². The van der Waals surface area contributed by atoms with Gasteiger partial charge in [0.2, 0.25) is 5.91 Å². The number of nitrogens with one attached hydrogen (secondary N) is 1. The summed E-state index contributed by atoms with van der Waals surface area (Å²) in [5.74, 6) is 1.64. The molecular formula is C17H32N2O. The molecule has 0 aromatic carbocycles. The maximum absolute atomic E-state index is 12.1. The van der Waals surface area contributed by atoms with E-state index in [1.165, 1.54) is 38.5 Å². The summed E-state index contributed by atoms with van der Waals surface area (Å²) >= 11 is 0. The Kier molecular flexibility index (Phi) is 5.88. The topological polar surface area (TPSA) is 32.3 Å². The quantitative estimate of drug-likeness (QED) is 0.857. The number of hydrogen-bond acceptors (Lipinski definition) is 2. The molecular weight excluding hydrogens is 248 g/mol. The van der Waals surface area contributed by atoms with Gasteiger partial charge in [-0.25, -0.2) is 0 Å². The summed E-state index contributed by atoms with van der Waals surface area (Å²) in [5, 5.41) is 3.86. The van der Waals surface area contributed by atoms with Crippen molar-refractivity contribution >= 4 is 5.91 Å². The van der Waals surface area contributed by atoms with Crippen molar-refractivity contribution in [2.45, 2.75) is 77.8 Å². The van der Waals surface area contributed by atoms with Crippen LogP contribution in [0.1, 0.15) is 65.7 Å². The van der Waals surface area contributed by atoms with E-state index in [4.69, 9.17) is 0 Å². The highest BCUT2D eigenvalue weighted by molar-refractivity contribution is 5.76. The van der Waals surface area contributed by atoms with Crippen molar-refractivity contribution in [3.63, 3.8) is 0 Å². The highest BCUT2D eigenvalue weighted by atomic mass is 16.2. The first-order valence-electron chi connectivity index (χ1n) is 8.64. The molecule has 3 nitrogen and oxygen atoms in total. The van der Waals surface area contributed by atoms with E-state index in [0.29, 0.717) is 36.2 Å². The zero-order valence-corrected chi connectivity index (χ0v) is 13.5. The molecule has 0 bridgehead atoms. The van der Waals surface area contributed by atoms with Crippen LogP contribution in [0.3, 0.4) is 0 Å². The van der Waals surface area contributed by atoms with E-state index in [9.17, 15) is 4.79 Å². The summed E-state index contributed by atoms with van der Waals surface area (Å²) in [6.45, 7) is 8.45. The third-order valence-corrected chi connectivity index (χ3v) is 5.16. The number of amides is 1. The Hall–Kier alpha value is -0.570. The van der Waals surface area contributed by atoms with Gasteiger partial charge >= 0.3 is 0 Å². The minimum absolute atomic E-state index is 0.325. The number of piperidine rings is 1. The van der Waals surface area contributed by atoms with Gasteiger partial charge in [0.1, 0.15) is 0 Å². The number of likely N-dealkylation sites (tertiary alicyclic amines) is 1. The van der Waals surface area contributed by atoms with E-state index in [-0.39, 0.29) is 0 Å². The molecule has 1 aliphatic carbocycles. The Morgan fingerprint density at radius 3 is 2.45 bits per heavy atom. The second kappa shape index (κ2) is 7.44. The second-order valence-corrected chi connectivity index (χ2v) is 7.09. The van der Waals surface area contributed by atoms with Gasteiger partial charge in [0.15, 0.2) is 0 Å². The lowest BCUT2D eigenvalue weighted by molar-refractivity contribution is -0.133. The lowest BCUT2D eigenvalue weighted by Gasteiger charge is -2.41. The number of rotatable bonds is 4. The Balaban J connectivity index is 1.93. The predicted molar refractivity (Wildman–Crippen MR) is 83.6 cm³/mol. The molecule has 1 saturated heterocycles. The van der Waals surface area contributed by atoms with Crippen LogP contribution < -0.4 is 5.32 Å². The molecule has 0 aromatic rings. The van der Waals surface area contributed by atoms with E-state index in [1.54, 1.807) is 0 Å². The fourth-order valence-electron chi connectivity index (χ4n) is 3.77. The molecule has 20 heavy (non-hydrogen) atoms. The highest BCUT2D eigenvalue weighted by Crippen LogP contribution is 2.26. The second-order valence-electron chi connectivity index (χ2n) is 7.09. The molecule has 1 aliphatic heterocycles. The predicted octanol–water partition coefficient (Wildman–Crippen LogP) is 3.19.